The van der Waals surface area contributed by atoms with Crippen LogP contribution < -0.4 is 11.1 Å². The van der Waals surface area contributed by atoms with E-state index in [0.29, 0.717) is 11.9 Å². The molecule has 2 aliphatic heterocycles. The van der Waals surface area contributed by atoms with Crippen molar-refractivity contribution in [3.63, 3.8) is 0 Å². The van der Waals surface area contributed by atoms with Crippen LogP contribution in [0.25, 0.3) is 0 Å². The van der Waals surface area contributed by atoms with Gasteiger partial charge in [0.2, 0.25) is 0 Å². The number of hydrazone groups is 1. The van der Waals surface area contributed by atoms with Crippen LogP contribution in [0.1, 0.15) is 32.6 Å². The molecule has 1 fully saturated rings. The molecule has 2 rings (SSSR count). The number of piperidine rings is 1. The third kappa shape index (κ3) is 3.67. The SMILES string of the molecule is C=NN(/C=C(\C)C1=CN=C(N)CC1)C1CCNCC1. The van der Waals surface area contributed by atoms with Gasteiger partial charge < -0.3 is 11.1 Å². The van der Waals surface area contributed by atoms with E-state index in [1.165, 1.54) is 11.1 Å². The molecule has 2 heterocycles. The largest absolute Gasteiger partial charge is 0.387 e. The Hall–Kier alpha value is -1.62. The molecule has 0 aromatic carbocycles. The summed E-state index contributed by atoms with van der Waals surface area (Å²) in [5.74, 6) is 0.716. The van der Waals surface area contributed by atoms with Crippen LogP contribution in [0.15, 0.2) is 33.6 Å². The Balaban J connectivity index is 2.06. The first kappa shape index (κ1) is 13.8. The van der Waals surface area contributed by atoms with Crippen molar-refractivity contribution in [2.75, 3.05) is 13.1 Å². The van der Waals surface area contributed by atoms with E-state index in [9.17, 15) is 0 Å². The van der Waals surface area contributed by atoms with E-state index in [4.69, 9.17) is 5.73 Å². The zero-order valence-corrected chi connectivity index (χ0v) is 11.6. The number of nitrogens with one attached hydrogen (secondary N) is 1. The van der Waals surface area contributed by atoms with Gasteiger partial charge in [0.1, 0.15) is 0 Å². The van der Waals surface area contributed by atoms with Gasteiger partial charge in [0.05, 0.1) is 11.9 Å². The zero-order chi connectivity index (χ0) is 13.7. The molecule has 1 saturated heterocycles. The highest BCUT2D eigenvalue weighted by atomic mass is 15.5. The zero-order valence-electron chi connectivity index (χ0n) is 11.6. The first-order chi connectivity index (χ1) is 9.20. The highest BCUT2D eigenvalue weighted by Gasteiger charge is 2.18. The first-order valence-electron chi connectivity index (χ1n) is 6.86. The molecule has 0 atom stereocenters. The van der Waals surface area contributed by atoms with Gasteiger partial charge in [-0.1, -0.05) is 0 Å². The second-order valence-corrected chi connectivity index (χ2v) is 5.09. The van der Waals surface area contributed by atoms with Gasteiger partial charge in [0.15, 0.2) is 0 Å². The maximum Gasteiger partial charge on any atom is 0.0992 e. The number of amidine groups is 1. The number of hydrogen-bond acceptors (Lipinski definition) is 5. The lowest BCUT2D eigenvalue weighted by molar-refractivity contribution is 0.234. The average molecular weight is 261 g/mol. The molecule has 5 nitrogen and oxygen atoms in total. The second-order valence-electron chi connectivity index (χ2n) is 5.09. The quantitative estimate of drug-likeness (QED) is 0.596. The minimum absolute atomic E-state index is 0.450. The van der Waals surface area contributed by atoms with Crippen LogP contribution in [0, 0.1) is 0 Å². The average Bonchev–Trinajstić information content (AvgIpc) is 2.46. The standard InChI is InChI=1S/C14H23N5/c1-11(12-3-4-14(15)18-9-12)10-19(16-2)13-5-7-17-8-6-13/h9-10,13,17H,2-8H2,1H3,(H2,15,18)/b11-10+. The number of nitrogens with zero attached hydrogens (tertiary/aromatic N) is 3. The van der Waals surface area contributed by atoms with Gasteiger partial charge in [0.25, 0.3) is 0 Å². The highest BCUT2D eigenvalue weighted by Crippen LogP contribution is 2.22. The van der Waals surface area contributed by atoms with Gasteiger partial charge in [-0.2, -0.15) is 5.10 Å². The lowest BCUT2D eigenvalue weighted by Gasteiger charge is -2.30. The summed E-state index contributed by atoms with van der Waals surface area (Å²) in [6.45, 7) is 7.89. The fraction of sp³-hybridized carbons (Fsp3) is 0.571. The second kappa shape index (κ2) is 6.52. The maximum absolute atomic E-state index is 5.68. The van der Waals surface area contributed by atoms with Crippen LogP contribution in [-0.2, 0) is 0 Å². The van der Waals surface area contributed by atoms with E-state index in [0.717, 1.165) is 38.8 Å². The smallest absolute Gasteiger partial charge is 0.0992 e. The number of aliphatic imine (C=N–C) groups is 1. The van der Waals surface area contributed by atoms with Gasteiger partial charge in [-0.3, -0.25) is 5.01 Å². The minimum atomic E-state index is 0.450. The summed E-state index contributed by atoms with van der Waals surface area (Å²) in [4.78, 5) is 4.19. The van der Waals surface area contributed by atoms with Crippen molar-refractivity contribution < 1.29 is 0 Å². The van der Waals surface area contributed by atoms with Crippen LogP contribution in [0.4, 0.5) is 0 Å². The Labute approximate surface area is 115 Å². The molecule has 19 heavy (non-hydrogen) atoms. The van der Waals surface area contributed by atoms with Gasteiger partial charge in [-0.15, -0.1) is 0 Å². The number of nitrogens with two attached hydrogens (primary N) is 1. The van der Waals surface area contributed by atoms with E-state index in [2.05, 4.69) is 35.3 Å². The Morgan fingerprint density at radius 1 is 1.53 bits per heavy atom. The lowest BCUT2D eigenvalue weighted by Crippen LogP contribution is -2.38. The first-order valence-corrected chi connectivity index (χ1v) is 6.86. The summed E-state index contributed by atoms with van der Waals surface area (Å²) in [7, 11) is 0. The van der Waals surface area contributed by atoms with E-state index < -0.39 is 0 Å². The van der Waals surface area contributed by atoms with Gasteiger partial charge in [-0.05, 0) is 50.4 Å². The van der Waals surface area contributed by atoms with Crippen LogP contribution in [0.2, 0.25) is 0 Å². The number of hydrogen-bond donors (Lipinski definition) is 2. The van der Waals surface area contributed by atoms with E-state index in [1.54, 1.807) is 0 Å². The Morgan fingerprint density at radius 2 is 2.26 bits per heavy atom. The Morgan fingerprint density at radius 3 is 2.84 bits per heavy atom. The predicted molar refractivity (Wildman–Crippen MR) is 80.0 cm³/mol. The number of allylic oxidation sites excluding steroid dienone is 2. The monoisotopic (exact) mass is 261 g/mol. The summed E-state index contributed by atoms with van der Waals surface area (Å²) in [6.07, 6.45) is 7.96. The molecule has 2 aliphatic rings. The summed E-state index contributed by atoms with van der Waals surface area (Å²) < 4.78 is 0. The van der Waals surface area contributed by atoms with Crippen molar-refractivity contribution in [2.45, 2.75) is 38.6 Å². The summed E-state index contributed by atoms with van der Waals surface area (Å²) in [6, 6.07) is 0.450. The molecule has 5 heteroatoms. The predicted octanol–water partition coefficient (Wildman–Crippen LogP) is 1.59. The fourth-order valence-electron chi connectivity index (χ4n) is 2.47. The summed E-state index contributed by atoms with van der Waals surface area (Å²) in [5.41, 5.74) is 8.11. The summed E-state index contributed by atoms with van der Waals surface area (Å²) in [5, 5.41) is 9.51. The van der Waals surface area contributed by atoms with Crippen molar-refractivity contribution >= 4 is 12.6 Å². The van der Waals surface area contributed by atoms with Gasteiger partial charge >= 0.3 is 0 Å². The van der Waals surface area contributed by atoms with Crippen molar-refractivity contribution in [1.29, 1.82) is 0 Å². The molecule has 0 saturated carbocycles. The van der Waals surface area contributed by atoms with Crippen molar-refractivity contribution in [2.24, 2.45) is 15.8 Å². The van der Waals surface area contributed by atoms with Crippen molar-refractivity contribution in [3.8, 4) is 0 Å². The third-order valence-corrected chi connectivity index (χ3v) is 3.72. The van der Waals surface area contributed by atoms with Crippen LogP contribution in [-0.4, -0.2) is 36.7 Å². The molecule has 0 aromatic heterocycles. The van der Waals surface area contributed by atoms with E-state index >= 15 is 0 Å². The topological polar surface area (TPSA) is 66.0 Å². The molecule has 0 unspecified atom stereocenters. The molecule has 104 valence electrons. The molecule has 0 aliphatic carbocycles. The molecule has 0 radical (unpaired) electrons. The van der Waals surface area contributed by atoms with E-state index in [-0.39, 0.29) is 0 Å². The van der Waals surface area contributed by atoms with Crippen LogP contribution >= 0.6 is 0 Å². The highest BCUT2D eigenvalue weighted by molar-refractivity contribution is 5.82. The molecule has 0 aromatic rings. The van der Waals surface area contributed by atoms with Crippen LogP contribution in [0.3, 0.4) is 0 Å². The molecular weight excluding hydrogens is 238 g/mol. The molecule has 0 bridgehead atoms. The fourth-order valence-corrected chi connectivity index (χ4v) is 2.47. The normalized spacial score (nSPS) is 21.6. The van der Waals surface area contributed by atoms with Gasteiger partial charge in [-0.25, -0.2) is 4.99 Å². The minimum Gasteiger partial charge on any atom is -0.387 e. The lowest BCUT2D eigenvalue weighted by atomic mass is 10.0. The maximum atomic E-state index is 5.68. The van der Waals surface area contributed by atoms with Crippen molar-refractivity contribution in [3.05, 3.63) is 23.5 Å². The van der Waals surface area contributed by atoms with Gasteiger partial charge in [0, 0.05) is 25.5 Å². The van der Waals surface area contributed by atoms with Crippen molar-refractivity contribution in [1.82, 2.24) is 10.3 Å². The Kier molecular flexibility index (Phi) is 4.74. The molecular formula is C14H23N5. The van der Waals surface area contributed by atoms with Crippen LogP contribution in [0.5, 0.6) is 0 Å². The third-order valence-electron chi connectivity index (χ3n) is 3.72. The Bertz CT molecular complexity index is 416. The molecule has 0 spiro atoms. The van der Waals surface area contributed by atoms with E-state index in [1.807, 2.05) is 11.2 Å². The molecule has 0 amide bonds. The summed E-state index contributed by atoms with van der Waals surface area (Å²) >= 11 is 0. The molecule has 3 N–H and O–H groups in total. The number of rotatable bonds is 4.